The van der Waals surface area contributed by atoms with E-state index in [0.717, 1.165) is 23.1 Å². The molecule has 19 heavy (non-hydrogen) atoms. The Labute approximate surface area is 114 Å². The lowest BCUT2D eigenvalue weighted by molar-refractivity contribution is 0.0970. The van der Waals surface area contributed by atoms with E-state index in [-0.39, 0.29) is 5.78 Å². The maximum Gasteiger partial charge on any atom is 0.163 e. The van der Waals surface area contributed by atoms with Crippen LogP contribution in [0, 0.1) is 13.8 Å². The third-order valence-electron chi connectivity index (χ3n) is 4.09. The predicted octanol–water partition coefficient (Wildman–Crippen LogP) is 4.22. The molecule has 0 aliphatic heterocycles. The number of ketones is 1. The summed E-state index contributed by atoms with van der Waals surface area (Å²) in [6, 6.07) is 14.6. The average Bonchev–Trinajstić information content (AvgIpc) is 2.38. The van der Waals surface area contributed by atoms with Gasteiger partial charge in [-0.15, -0.1) is 0 Å². The highest BCUT2D eigenvalue weighted by Gasteiger charge is 2.28. The average molecular weight is 250 g/mol. The molecule has 0 heterocycles. The van der Waals surface area contributed by atoms with E-state index in [1.54, 1.807) is 0 Å². The van der Waals surface area contributed by atoms with Gasteiger partial charge in [0.1, 0.15) is 0 Å². The zero-order chi connectivity index (χ0) is 13.4. The van der Waals surface area contributed by atoms with E-state index in [4.69, 9.17) is 0 Å². The Morgan fingerprint density at radius 2 is 1.95 bits per heavy atom. The fourth-order valence-corrected chi connectivity index (χ4v) is 2.91. The number of Topliss-reactive ketones (excluding diaryl/α,β-unsaturated/α-hetero) is 1. The predicted molar refractivity (Wildman–Crippen MR) is 77.8 cm³/mol. The van der Waals surface area contributed by atoms with Crippen molar-refractivity contribution in [2.24, 2.45) is 0 Å². The molecule has 0 aromatic heterocycles. The van der Waals surface area contributed by atoms with Gasteiger partial charge < -0.3 is 0 Å². The van der Waals surface area contributed by atoms with E-state index >= 15 is 0 Å². The van der Waals surface area contributed by atoms with Crippen molar-refractivity contribution >= 4 is 5.78 Å². The molecule has 3 rings (SSSR count). The largest absolute Gasteiger partial charge is 0.294 e. The van der Waals surface area contributed by atoms with Crippen molar-refractivity contribution in [2.75, 3.05) is 0 Å². The minimum absolute atomic E-state index is 0.278. The Kier molecular flexibility index (Phi) is 2.98. The fourth-order valence-electron chi connectivity index (χ4n) is 2.91. The smallest absolute Gasteiger partial charge is 0.163 e. The van der Waals surface area contributed by atoms with Crippen LogP contribution in [0.3, 0.4) is 0 Å². The van der Waals surface area contributed by atoms with Crippen LogP contribution in [0.1, 0.15) is 45.0 Å². The molecule has 0 radical (unpaired) electrons. The molecule has 2 aromatic rings. The lowest BCUT2D eigenvalue weighted by Gasteiger charge is -2.29. The molecule has 96 valence electrons. The van der Waals surface area contributed by atoms with Gasteiger partial charge in [0.15, 0.2) is 5.78 Å². The summed E-state index contributed by atoms with van der Waals surface area (Å²) in [6.45, 7) is 4.05. The molecule has 0 N–H and O–H groups in total. The summed E-state index contributed by atoms with van der Waals surface area (Å²) in [5.74, 6) is 0.698. The first-order valence-corrected chi connectivity index (χ1v) is 6.83. The van der Waals surface area contributed by atoms with Gasteiger partial charge in [-0.3, -0.25) is 4.79 Å². The Bertz CT molecular complexity index is 640. The summed E-state index contributed by atoms with van der Waals surface area (Å²) in [5, 5.41) is 0. The van der Waals surface area contributed by atoms with Crippen molar-refractivity contribution in [1.82, 2.24) is 0 Å². The second-order valence-electron chi connectivity index (χ2n) is 5.55. The standard InChI is InChI=1S/C18H18O/c1-12-7-8-13(2)17(9-12)18(19)11-15-10-14-5-3-4-6-16(14)15/h3-9,15H,10-11H2,1-2H3. The molecule has 0 amide bonds. The number of rotatable bonds is 3. The Morgan fingerprint density at radius 3 is 2.74 bits per heavy atom. The summed E-state index contributed by atoms with van der Waals surface area (Å²) in [5.41, 5.74) is 5.90. The minimum Gasteiger partial charge on any atom is -0.294 e. The minimum atomic E-state index is 0.278. The fraction of sp³-hybridized carbons (Fsp3) is 0.278. The van der Waals surface area contributed by atoms with Crippen LogP contribution >= 0.6 is 0 Å². The zero-order valence-corrected chi connectivity index (χ0v) is 11.4. The van der Waals surface area contributed by atoms with Crippen LogP contribution in [-0.2, 0) is 6.42 Å². The van der Waals surface area contributed by atoms with Gasteiger partial charge in [0.05, 0.1) is 0 Å². The Hall–Kier alpha value is -1.89. The van der Waals surface area contributed by atoms with Crippen LogP contribution < -0.4 is 0 Å². The highest BCUT2D eigenvalue weighted by atomic mass is 16.1. The van der Waals surface area contributed by atoms with Gasteiger partial charge in [0.2, 0.25) is 0 Å². The first-order chi connectivity index (χ1) is 9.15. The quantitative estimate of drug-likeness (QED) is 0.745. The molecule has 1 aliphatic carbocycles. The van der Waals surface area contributed by atoms with E-state index in [9.17, 15) is 4.79 Å². The summed E-state index contributed by atoms with van der Waals surface area (Å²) < 4.78 is 0. The first kappa shape index (κ1) is 12.2. The number of benzene rings is 2. The van der Waals surface area contributed by atoms with Crippen molar-refractivity contribution in [1.29, 1.82) is 0 Å². The van der Waals surface area contributed by atoms with E-state index in [0.29, 0.717) is 12.3 Å². The van der Waals surface area contributed by atoms with Gasteiger partial charge in [-0.2, -0.15) is 0 Å². The van der Waals surface area contributed by atoms with Crippen molar-refractivity contribution in [3.63, 3.8) is 0 Å². The maximum atomic E-state index is 12.4. The molecule has 0 spiro atoms. The lowest BCUT2D eigenvalue weighted by Crippen LogP contribution is -2.20. The van der Waals surface area contributed by atoms with E-state index < -0.39 is 0 Å². The molecule has 0 fully saturated rings. The third-order valence-corrected chi connectivity index (χ3v) is 4.09. The summed E-state index contributed by atoms with van der Waals surface area (Å²) in [7, 11) is 0. The van der Waals surface area contributed by atoms with E-state index in [1.165, 1.54) is 11.1 Å². The highest BCUT2D eigenvalue weighted by Crippen LogP contribution is 2.38. The van der Waals surface area contributed by atoms with Crippen molar-refractivity contribution in [3.8, 4) is 0 Å². The second kappa shape index (κ2) is 4.65. The van der Waals surface area contributed by atoms with E-state index in [2.05, 4.69) is 30.3 Å². The number of hydrogen-bond donors (Lipinski definition) is 0. The molecule has 1 atom stereocenters. The Balaban J connectivity index is 1.79. The first-order valence-electron chi connectivity index (χ1n) is 6.83. The second-order valence-corrected chi connectivity index (χ2v) is 5.55. The van der Waals surface area contributed by atoms with Crippen LogP contribution in [0.2, 0.25) is 0 Å². The van der Waals surface area contributed by atoms with Gasteiger partial charge in [-0.1, -0.05) is 42.0 Å². The van der Waals surface area contributed by atoms with Crippen LogP contribution in [0.4, 0.5) is 0 Å². The van der Waals surface area contributed by atoms with Gasteiger partial charge in [-0.25, -0.2) is 0 Å². The topological polar surface area (TPSA) is 17.1 Å². The van der Waals surface area contributed by atoms with Gasteiger partial charge in [0, 0.05) is 12.0 Å². The monoisotopic (exact) mass is 250 g/mol. The van der Waals surface area contributed by atoms with Crippen LogP contribution in [-0.4, -0.2) is 5.78 Å². The van der Waals surface area contributed by atoms with Gasteiger partial charge in [0.25, 0.3) is 0 Å². The Morgan fingerprint density at radius 1 is 1.16 bits per heavy atom. The molecule has 1 nitrogen and oxygen atoms in total. The van der Waals surface area contributed by atoms with Crippen LogP contribution in [0.5, 0.6) is 0 Å². The number of hydrogen-bond acceptors (Lipinski definition) is 1. The van der Waals surface area contributed by atoms with Crippen molar-refractivity contribution in [2.45, 2.75) is 32.6 Å². The molecule has 0 saturated heterocycles. The SMILES string of the molecule is Cc1ccc(C)c(C(=O)CC2Cc3ccccc32)c1. The van der Waals surface area contributed by atoms with E-state index in [1.807, 2.05) is 26.0 Å². The van der Waals surface area contributed by atoms with Crippen molar-refractivity contribution in [3.05, 3.63) is 70.3 Å². The summed E-state index contributed by atoms with van der Waals surface area (Å²) in [6.07, 6.45) is 1.69. The highest BCUT2D eigenvalue weighted by molar-refractivity contribution is 5.98. The van der Waals surface area contributed by atoms with Gasteiger partial charge in [-0.05, 0) is 48.9 Å². The normalized spacial score (nSPS) is 16.6. The lowest BCUT2D eigenvalue weighted by atomic mass is 9.74. The summed E-state index contributed by atoms with van der Waals surface area (Å²) >= 11 is 0. The molecule has 0 bridgehead atoms. The van der Waals surface area contributed by atoms with Crippen molar-refractivity contribution < 1.29 is 4.79 Å². The molecular formula is C18H18O. The number of fused-ring (bicyclic) bond motifs is 1. The molecule has 1 unspecified atom stereocenters. The molecule has 2 aromatic carbocycles. The third kappa shape index (κ3) is 2.21. The molecule has 1 aliphatic rings. The number of carbonyl (C=O) groups excluding carboxylic acids is 1. The molecular weight excluding hydrogens is 232 g/mol. The van der Waals surface area contributed by atoms with Crippen LogP contribution in [0.25, 0.3) is 0 Å². The summed E-state index contributed by atoms with van der Waals surface area (Å²) in [4.78, 5) is 12.4. The number of carbonyl (C=O) groups is 1. The van der Waals surface area contributed by atoms with Gasteiger partial charge >= 0.3 is 0 Å². The maximum absolute atomic E-state index is 12.4. The zero-order valence-electron chi connectivity index (χ0n) is 11.4. The molecule has 0 saturated carbocycles. The number of aryl methyl sites for hydroxylation is 2. The molecule has 1 heteroatoms. The van der Waals surface area contributed by atoms with Crippen LogP contribution in [0.15, 0.2) is 42.5 Å².